The highest BCUT2D eigenvalue weighted by Gasteiger charge is 2.25. The summed E-state index contributed by atoms with van der Waals surface area (Å²) in [6.07, 6.45) is 3.59. The Kier molecular flexibility index (Phi) is 2.97. The van der Waals surface area contributed by atoms with Gasteiger partial charge in [-0.3, -0.25) is 5.10 Å². The number of fused-ring (bicyclic) bond motifs is 1. The third kappa shape index (κ3) is 2.20. The van der Waals surface area contributed by atoms with Crippen LogP contribution >= 0.6 is 0 Å². The molecule has 1 aliphatic heterocycles. The number of rotatable bonds is 2. The second-order valence-electron chi connectivity index (χ2n) is 5.55. The molecule has 1 aliphatic rings. The number of nitrogens with zero attached hydrogens (tertiary/aromatic N) is 4. The van der Waals surface area contributed by atoms with Crippen molar-refractivity contribution in [3.05, 3.63) is 35.5 Å². The predicted octanol–water partition coefficient (Wildman–Crippen LogP) is 2.45. The van der Waals surface area contributed by atoms with Crippen molar-refractivity contribution in [1.82, 2.24) is 20.2 Å². The highest BCUT2D eigenvalue weighted by Crippen LogP contribution is 2.29. The van der Waals surface area contributed by atoms with Gasteiger partial charge < -0.3 is 4.90 Å². The molecule has 0 aromatic carbocycles. The summed E-state index contributed by atoms with van der Waals surface area (Å²) >= 11 is 0. The van der Waals surface area contributed by atoms with E-state index in [1.165, 1.54) is 11.3 Å². The molecule has 0 aliphatic carbocycles. The lowest BCUT2D eigenvalue weighted by Crippen LogP contribution is -2.33. The standard InChI is InChI=1S/C14H19N5/c1-9(2)12-4-13(16-8-15-12)19-6-10(3)14-11(7-19)5-17-18-14/h4-5,8-10H,6-7H2,1-3H3,(H,17,18). The molecule has 1 N–H and O–H groups in total. The highest BCUT2D eigenvalue weighted by atomic mass is 15.2. The SMILES string of the molecule is CC(C)c1cc(N2Cc3cn[nH]c3C(C)C2)ncn1. The molecule has 0 radical (unpaired) electrons. The van der Waals surface area contributed by atoms with Gasteiger partial charge in [0.1, 0.15) is 12.1 Å². The molecule has 0 fully saturated rings. The van der Waals surface area contributed by atoms with Crippen molar-refractivity contribution < 1.29 is 0 Å². The van der Waals surface area contributed by atoms with Crippen LogP contribution in [-0.4, -0.2) is 26.7 Å². The zero-order chi connectivity index (χ0) is 13.4. The summed E-state index contributed by atoms with van der Waals surface area (Å²) in [5.41, 5.74) is 3.62. The van der Waals surface area contributed by atoms with E-state index in [1.54, 1.807) is 6.33 Å². The van der Waals surface area contributed by atoms with Gasteiger partial charge in [0.15, 0.2) is 0 Å². The van der Waals surface area contributed by atoms with E-state index >= 15 is 0 Å². The first-order valence-corrected chi connectivity index (χ1v) is 6.74. The number of anilines is 1. The fourth-order valence-corrected chi connectivity index (χ4v) is 2.59. The molecular weight excluding hydrogens is 238 g/mol. The maximum absolute atomic E-state index is 4.42. The van der Waals surface area contributed by atoms with Crippen molar-refractivity contribution in [1.29, 1.82) is 0 Å². The van der Waals surface area contributed by atoms with Gasteiger partial charge in [-0.1, -0.05) is 20.8 Å². The normalized spacial score (nSPS) is 18.7. The second-order valence-corrected chi connectivity index (χ2v) is 5.55. The van der Waals surface area contributed by atoms with E-state index in [0.717, 1.165) is 24.6 Å². The van der Waals surface area contributed by atoms with Crippen LogP contribution in [0.3, 0.4) is 0 Å². The summed E-state index contributed by atoms with van der Waals surface area (Å²) in [6, 6.07) is 2.10. The van der Waals surface area contributed by atoms with Gasteiger partial charge >= 0.3 is 0 Å². The Hall–Kier alpha value is -1.91. The average molecular weight is 257 g/mol. The first kappa shape index (κ1) is 12.1. The summed E-state index contributed by atoms with van der Waals surface area (Å²) in [5, 5.41) is 7.24. The molecule has 2 aromatic heterocycles. The van der Waals surface area contributed by atoms with Crippen molar-refractivity contribution >= 4 is 5.82 Å². The Morgan fingerprint density at radius 2 is 2.21 bits per heavy atom. The van der Waals surface area contributed by atoms with Crippen LogP contribution in [0.15, 0.2) is 18.6 Å². The van der Waals surface area contributed by atoms with Crippen LogP contribution in [0.1, 0.15) is 49.6 Å². The van der Waals surface area contributed by atoms with E-state index in [1.807, 2.05) is 6.20 Å². The number of aromatic nitrogens is 4. The summed E-state index contributed by atoms with van der Waals surface area (Å²) < 4.78 is 0. The van der Waals surface area contributed by atoms with Crippen LogP contribution < -0.4 is 4.90 Å². The van der Waals surface area contributed by atoms with Gasteiger partial charge in [-0.2, -0.15) is 5.10 Å². The number of H-pyrrole nitrogens is 1. The lowest BCUT2D eigenvalue weighted by Gasteiger charge is -2.31. The summed E-state index contributed by atoms with van der Waals surface area (Å²) in [7, 11) is 0. The van der Waals surface area contributed by atoms with Crippen molar-refractivity contribution in [3.63, 3.8) is 0 Å². The molecule has 1 unspecified atom stereocenters. The van der Waals surface area contributed by atoms with E-state index in [9.17, 15) is 0 Å². The zero-order valence-electron chi connectivity index (χ0n) is 11.6. The van der Waals surface area contributed by atoms with E-state index in [2.05, 4.69) is 51.9 Å². The molecule has 0 amide bonds. The maximum atomic E-state index is 4.42. The number of nitrogens with one attached hydrogen (secondary N) is 1. The van der Waals surface area contributed by atoms with Crippen LogP contribution in [0.25, 0.3) is 0 Å². The van der Waals surface area contributed by atoms with Gasteiger partial charge in [0.25, 0.3) is 0 Å². The number of hydrogen-bond acceptors (Lipinski definition) is 4. The Labute approximate surface area is 113 Å². The van der Waals surface area contributed by atoms with Gasteiger partial charge in [-0.15, -0.1) is 0 Å². The summed E-state index contributed by atoms with van der Waals surface area (Å²) in [4.78, 5) is 11.1. The van der Waals surface area contributed by atoms with E-state index in [0.29, 0.717) is 11.8 Å². The number of hydrogen-bond donors (Lipinski definition) is 1. The molecule has 0 saturated carbocycles. The van der Waals surface area contributed by atoms with Crippen molar-refractivity contribution in [2.75, 3.05) is 11.4 Å². The van der Waals surface area contributed by atoms with Gasteiger partial charge in [0, 0.05) is 42.0 Å². The van der Waals surface area contributed by atoms with Gasteiger partial charge in [-0.25, -0.2) is 9.97 Å². The van der Waals surface area contributed by atoms with Crippen LogP contribution in [0.2, 0.25) is 0 Å². The first-order chi connectivity index (χ1) is 9.15. The fraction of sp³-hybridized carbons (Fsp3) is 0.500. The first-order valence-electron chi connectivity index (χ1n) is 6.74. The topological polar surface area (TPSA) is 57.7 Å². The van der Waals surface area contributed by atoms with Gasteiger partial charge in [0.05, 0.1) is 6.20 Å². The van der Waals surface area contributed by atoms with E-state index < -0.39 is 0 Å². The van der Waals surface area contributed by atoms with Crippen LogP contribution in [0.4, 0.5) is 5.82 Å². The van der Waals surface area contributed by atoms with Crippen molar-refractivity contribution in [3.8, 4) is 0 Å². The molecule has 3 heterocycles. The Morgan fingerprint density at radius 3 is 3.00 bits per heavy atom. The Balaban J connectivity index is 1.90. The van der Waals surface area contributed by atoms with Crippen LogP contribution in [0, 0.1) is 0 Å². The molecular formula is C14H19N5. The zero-order valence-corrected chi connectivity index (χ0v) is 11.6. The quantitative estimate of drug-likeness (QED) is 0.897. The predicted molar refractivity (Wildman–Crippen MR) is 74.2 cm³/mol. The van der Waals surface area contributed by atoms with Crippen molar-refractivity contribution in [2.45, 2.75) is 39.2 Å². The van der Waals surface area contributed by atoms with Crippen LogP contribution in [0.5, 0.6) is 0 Å². The Morgan fingerprint density at radius 1 is 1.37 bits per heavy atom. The molecule has 100 valence electrons. The third-order valence-electron chi connectivity index (χ3n) is 3.69. The van der Waals surface area contributed by atoms with Crippen LogP contribution in [-0.2, 0) is 6.54 Å². The van der Waals surface area contributed by atoms with Gasteiger partial charge in [-0.05, 0) is 5.92 Å². The smallest absolute Gasteiger partial charge is 0.132 e. The summed E-state index contributed by atoms with van der Waals surface area (Å²) in [6.45, 7) is 8.35. The summed E-state index contributed by atoms with van der Waals surface area (Å²) in [5.74, 6) is 1.88. The molecule has 19 heavy (non-hydrogen) atoms. The lowest BCUT2D eigenvalue weighted by atomic mass is 9.98. The monoisotopic (exact) mass is 257 g/mol. The average Bonchev–Trinajstić information content (AvgIpc) is 2.87. The molecule has 0 spiro atoms. The molecule has 5 heteroatoms. The van der Waals surface area contributed by atoms with E-state index in [-0.39, 0.29) is 0 Å². The molecule has 3 rings (SSSR count). The second kappa shape index (κ2) is 4.64. The lowest BCUT2D eigenvalue weighted by molar-refractivity contribution is 0.618. The molecule has 5 nitrogen and oxygen atoms in total. The third-order valence-corrected chi connectivity index (χ3v) is 3.69. The minimum atomic E-state index is 0.424. The number of aromatic amines is 1. The molecule has 0 bridgehead atoms. The minimum absolute atomic E-state index is 0.424. The molecule has 0 saturated heterocycles. The van der Waals surface area contributed by atoms with Gasteiger partial charge in [0.2, 0.25) is 0 Å². The fourth-order valence-electron chi connectivity index (χ4n) is 2.59. The Bertz CT molecular complexity index is 575. The minimum Gasteiger partial charge on any atom is -0.351 e. The van der Waals surface area contributed by atoms with E-state index in [4.69, 9.17) is 0 Å². The largest absolute Gasteiger partial charge is 0.351 e. The molecule has 1 atom stereocenters. The highest BCUT2D eigenvalue weighted by molar-refractivity contribution is 5.44. The van der Waals surface area contributed by atoms with Crippen molar-refractivity contribution in [2.24, 2.45) is 0 Å². The maximum Gasteiger partial charge on any atom is 0.132 e. The molecule has 2 aromatic rings.